The number of nitrogens with zero attached hydrogens (tertiary/aromatic N) is 3. The second-order valence-corrected chi connectivity index (χ2v) is 8.74. The fourth-order valence-corrected chi connectivity index (χ4v) is 4.53. The summed E-state index contributed by atoms with van der Waals surface area (Å²) < 4.78 is 10.7. The summed E-state index contributed by atoms with van der Waals surface area (Å²) in [6.45, 7) is 4.30. The molecule has 0 spiro atoms. The van der Waals surface area contributed by atoms with Crippen molar-refractivity contribution in [3.05, 3.63) is 65.9 Å². The highest BCUT2D eigenvalue weighted by molar-refractivity contribution is 5.90. The molecular weight excluding hydrogens is 414 g/mol. The molecule has 0 unspecified atom stereocenters. The molecule has 3 aromatic rings. The SMILES string of the molecule is CCCc1ccc(N2C(=O)OC[C@@H]2CN(C)CCCc2cccc3ncc(OC)cc23)cc1. The van der Waals surface area contributed by atoms with Gasteiger partial charge in [-0.25, -0.2) is 4.79 Å². The fourth-order valence-electron chi connectivity index (χ4n) is 4.53. The van der Waals surface area contributed by atoms with E-state index in [9.17, 15) is 4.79 Å². The number of amides is 1. The quantitative estimate of drug-likeness (QED) is 0.434. The monoisotopic (exact) mass is 447 g/mol. The molecule has 6 nitrogen and oxygen atoms in total. The largest absolute Gasteiger partial charge is 0.495 e. The molecule has 4 rings (SSSR count). The zero-order valence-electron chi connectivity index (χ0n) is 19.8. The van der Waals surface area contributed by atoms with Crippen LogP contribution in [0, 0.1) is 0 Å². The third kappa shape index (κ3) is 5.45. The molecule has 1 atom stereocenters. The Hall–Kier alpha value is -3.12. The summed E-state index contributed by atoms with van der Waals surface area (Å²) >= 11 is 0. The highest BCUT2D eigenvalue weighted by Gasteiger charge is 2.34. The number of pyridine rings is 1. The number of methoxy groups -OCH3 is 1. The number of rotatable bonds is 10. The number of carbonyl (C=O) groups is 1. The Morgan fingerprint density at radius 3 is 2.76 bits per heavy atom. The van der Waals surface area contributed by atoms with Gasteiger partial charge in [-0.3, -0.25) is 9.88 Å². The van der Waals surface area contributed by atoms with E-state index in [1.807, 2.05) is 18.2 Å². The van der Waals surface area contributed by atoms with Gasteiger partial charge >= 0.3 is 6.09 Å². The van der Waals surface area contributed by atoms with E-state index in [4.69, 9.17) is 9.47 Å². The van der Waals surface area contributed by atoms with E-state index in [2.05, 4.69) is 54.2 Å². The first-order chi connectivity index (χ1) is 16.1. The van der Waals surface area contributed by atoms with Crippen molar-refractivity contribution in [2.45, 2.75) is 38.6 Å². The van der Waals surface area contributed by atoms with Crippen LogP contribution in [-0.4, -0.2) is 55.9 Å². The number of hydrogen-bond acceptors (Lipinski definition) is 5. The Labute approximate surface area is 196 Å². The number of carbonyl (C=O) groups excluding carboxylic acids is 1. The summed E-state index contributed by atoms with van der Waals surface area (Å²) in [6.07, 6.45) is 5.64. The van der Waals surface area contributed by atoms with Crippen molar-refractivity contribution in [3.8, 4) is 5.75 Å². The van der Waals surface area contributed by atoms with E-state index in [1.54, 1.807) is 18.2 Å². The minimum absolute atomic E-state index is 0.0190. The third-order valence-electron chi connectivity index (χ3n) is 6.25. The Morgan fingerprint density at radius 2 is 2.00 bits per heavy atom. The van der Waals surface area contributed by atoms with Crippen LogP contribution in [0.5, 0.6) is 5.75 Å². The van der Waals surface area contributed by atoms with Crippen LogP contribution in [0.3, 0.4) is 0 Å². The smallest absolute Gasteiger partial charge is 0.414 e. The van der Waals surface area contributed by atoms with Gasteiger partial charge in [0, 0.05) is 17.6 Å². The zero-order valence-corrected chi connectivity index (χ0v) is 19.8. The molecule has 1 aliphatic rings. The molecule has 6 heteroatoms. The van der Waals surface area contributed by atoms with Crippen molar-refractivity contribution in [1.82, 2.24) is 9.88 Å². The predicted octanol–water partition coefficient (Wildman–Crippen LogP) is 5.09. The number of anilines is 1. The van der Waals surface area contributed by atoms with Gasteiger partial charge in [0.15, 0.2) is 0 Å². The average Bonchev–Trinajstić information content (AvgIpc) is 3.19. The van der Waals surface area contributed by atoms with Crippen LogP contribution in [0.1, 0.15) is 30.9 Å². The van der Waals surface area contributed by atoms with Crippen molar-refractivity contribution >= 4 is 22.7 Å². The Balaban J connectivity index is 1.35. The van der Waals surface area contributed by atoms with Gasteiger partial charge < -0.3 is 14.4 Å². The topological polar surface area (TPSA) is 54.9 Å². The molecule has 0 aliphatic carbocycles. The molecule has 1 aromatic heterocycles. The van der Waals surface area contributed by atoms with E-state index in [-0.39, 0.29) is 12.1 Å². The summed E-state index contributed by atoms with van der Waals surface area (Å²) in [5.74, 6) is 0.779. The first kappa shape index (κ1) is 23.1. The summed E-state index contributed by atoms with van der Waals surface area (Å²) in [5, 5.41) is 1.15. The number of fused-ring (bicyclic) bond motifs is 1. The number of ether oxygens (including phenoxy) is 2. The lowest BCUT2D eigenvalue weighted by atomic mass is 10.0. The van der Waals surface area contributed by atoms with Gasteiger partial charge in [-0.1, -0.05) is 37.6 Å². The normalized spacial score (nSPS) is 15.9. The molecule has 1 aliphatic heterocycles. The van der Waals surface area contributed by atoms with Gasteiger partial charge in [0.2, 0.25) is 0 Å². The Morgan fingerprint density at radius 1 is 1.18 bits per heavy atom. The average molecular weight is 448 g/mol. The summed E-state index contributed by atoms with van der Waals surface area (Å²) in [7, 11) is 3.78. The highest BCUT2D eigenvalue weighted by Crippen LogP contribution is 2.25. The van der Waals surface area contributed by atoms with Gasteiger partial charge in [-0.15, -0.1) is 0 Å². The molecule has 1 amide bonds. The van der Waals surface area contributed by atoms with E-state index >= 15 is 0 Å². The van der Waals surface area contributed by atoms with Crippen molar-refractivity contribution in [2.24, 2.45) is 0 Å². The summed E-state index contributed by atoms with van der Waals surface area (Å²) in [5.41, 5.74) is 4.47. The van der Waals surface area contributed by atoms with Crippen molar-refractivity contribution in [2.75, 3.05) is 38.8 Å². The number of hydrogen-bond donors (Lipinski definition) is 0. The Bertz CT molecular complexity index is 1080. The molecule has 1 fully saturated rings. The first-order valence-electron chi connectivity index (χ1n) is 11.7. The third-order valence-corrected chi connectivity index (χ3v) is 6.25. The molecule has 0 N–H and O–H groups in total. The van der Waals surface area contributed by atoms with Crippen LogP contribution in [0.15, 0.2) is 54.7 Å². The van der Waals surface area contributed by atoms with Crippen molar-refractivity contribution in [1.29, 1.82) is 0 Å². The zero-order chi connectivity index (χ0) is 23.2. The molecule has 0 saturated carbocycles. The predicted molar refractivity (Wildman–Crippen MR) is 132 cm³/mol. The minimum Gasteiger partial charge on any atom is -0.495 e. The number of benzene rings is 2. The van der Waals surface area contributed by atoms with Crippen LogP contribution in [0.4, 0.5) is 10.5 Å². The summed E-state index contributed by atoms with van der Waals surface area (Å²) in [6, 6.07) is 16.6. The van der Waals surface area contributed by atoms with Gasteiger partial charge in [-0.05, 0) is 68.2 Å². The van der Waals surface area contributed by atoms with E-state index in [1.165, 1.54) is 11.1 Å². The maximum Gasteiger partial charge on any atom is 0.414 e. The molecule has 1 saturated heterocycles. The maximum absolute atomic E-state index is 12.4. The lowest BCUT2D eigenvalue weighted by molar-refractivity contribution is 0.176. The molecular formula is C27H33N3O3. The number of aryl methyl sites for hydroxylation is 2. The van der Waals surface area contributed by atoms with E-state index in [0.717, 1.165) is 61.1 Å². The maximum atomic E-state index is 12.4. The van der Waals surface area contributed by atoms with Crippen molar-refractivity contribution in [3.63, 3.8) is 0 Å². The second-order valence-electron chi connectivity index (χ2n) is 8.74. The molecule has 2 aromatic carbocycles. The van der Waals surface area contributed by atoms with Crippen LogP contribution in [0.25, 0.3) is 10.9 Å². The molecule has 0 bridgehead atoms. The van der Waals surface area contributed by atoms with Gasteiger partial charge in [0.25, 0.3) is 0 Å². The Kier molecular flexibility index (Phi) is 7.45. The lowest BCUT2D eigenvalue weighted by Gasteiger charge is -2.26. The van der Waals surface area contributed by atoms with E-state index < -0.39 is 0 Å². The number of aromatic nitrogens is 1. The molecule has 33 heavy (non-hydrogen) atoms. The standard InChI is InChI=1S/C27H33N3O3/c1-4-7-20-11-13-22(14-12-20)30-23(19-33-27(30)31)18-29(2)15-6-9-21-8-5-10-26-25(21)16-24(32-3)17-28-26/h5,8,10-14,16-17,23H,4,6-7,9,15,18-19H2,1-3H3/t23-/m0/s1. The number of cyclic esters (lactones) is 1. The first-order valence-corrected chi connectivity index (χ1v) is 11.7. The second kappa shape index (κ2) is 10.7. The van der Waals surface area contributed by atoms with E-state index in [0.29, 0.717) is 6.61 Å². The van der Waals surface area contributed by atoms with Crippen LogP contribution in [0.2, 0.25) is 0 Å². The lowest BCUT2D eigenvalue weighted by Crippen LogP contribution is -2.42. The fraction of sp³-hybridized carbons (Fsp3) is 0.407. The minimum atomic E-state index is -0.256. The van der Waals surface area contributed by atoms with Crippen LogP contribution in [-0.2, 0) is 17.6 Å². The number of likely N-dealkylation sites (N-methyl/N-ethyl adjacent to an activating group) is 1. The molecule has 0 radical (unpaired) electrons. The summed E-state index contributed by atoms with van der Waals surface area (Å²) in [4.78, 5) is 21.0. The van der Waals surface area contributed by atoms with Gasteiger partial charge in [0.05, 0.1) is 24.9 Å². The van der Waals surface area contributed by atoms with Crippen molar-refractivity contribution < 1.29 is 14.3 Å². The van der Waals surface area contributed by atoms with Gasteiger partial charge in [-0.2, -0.15) is 0 Å². The van der Waals surface area contributed by atoms with Crippen LogP contribution < -0.4 is 9.64 Å². The molecule has 174 valence electrons. The molecule has 2 heterocycles. The highest BCUT2D eigenvalue weighted by atomic mass is 16.6. The van der Waals surface area contributed by atoms with Gasteiger partial charge in [0.1, 0.15) is 12.4 Å². The van der Waals surface area contributed by atoms with Crippen LogP contribution >= 0.6 is 0 Å².